The van der Waals surface area contributed by atoms with E-state index in [0.717, 1.165) is 16.9 Å². The number of amides is 1. The third-order valence-electron chi connectivity index (χ3n) is 4.13. The Labute approximate surface area is 143 Å². The summed E-state index contributed by atoms with van der Waals surface area (Å²) in [7, 11) is 0. The lowest BCUT2D eigenvalue weighted by Crippen LogP contribution is -2.24. The Bertz CT molecular complexity index is 936. The summed E-state index contributed by atoms with van der Waals surface area (Å²) in [5.41, 5.74) is 2.47. The van der Waals surface area contributed by atoms with Gasteiger partial charge in [-0.2, -0.15) is 0 Å². The molecule has 0 saturated heterocycles. The molecule has 5 nitrogen and oxygen atoms in total. The number of rotatable bonds is 2. The minimum Gasteiger partial charge on any atom is -0.508 e. The van der Waals surface area contributed by atoms with Crippen molar-refractivity contribution in [1.82, 2.24) is 9.55 Å². The van der Waals surface area contributed by atoms with Crippen LogP contribution in [0.4, 0.5) is 5.82 Å². The number of halogens is 1. The first-order valence-electron chi connectivity index (χ1n) is 7.54. The number of hydrogen-bond donors (Lipinski definition) is 2. The van der Waals surface area contributed by atoms with Crippen LogP contribution in [0.3, 0.4) is 0 Å². The predicted molar refractivity (Wildman–Crippen MR) is 91.8 cm³/mol. The van der Waals surface area contributed by atoms with Gasteiger partial charge in [0.05, 0.1) is 5.69 Å². The van der Waals surface area contributed by atoms with Crippen LogP contribution in [0.1, 0.15) is 23.6 Å². The molecule has 4 rings (SSSR count). The molecule has 6 heteroatoms. The maximum Gasteiger partial charge on any atom is 0.226 e. The van der Waals surface area contributed by atoms with E-state index in [9.17, 15) is 9.90 Å². The highest BCUT2D eigenvalue weighted by atomic mass is 35.5. The molecule has 24 heavy (non-hydrogen) atoms. The van der Waals surface area contributed by atoms with Gasteiger partial charge < -0.3 is 10.4 Å². The molecule has 1 amide bonds. The van der Waals surface area contributed by atoms with Crippen LogP contribution in [-0.4, -0.2) is 20.6 Å². The van der Waals surface area contributed by atoms with Crippen LogP contribution < -0.4 is 5.32 Å². The Morgan fingerprint density at radius 1 is 1.21 bits per heavy atom. The number of aromatic nitrogens is 2. The van der Waals surface area contributed by atoms with Crippen LogP contribution in [-0.2, 0) is 4.79 Å². The second-order valence-corrected chi connectivity index (χ2v) is 6.16. The number of phenolic OH excluding ortho intramolecular Hbond substituents is 1. The van der Waals surface area contributed by atoms with Crippen LogP contribution in [0.2, 0.25) is 5.02 Å². The molecule has 1 aromatic heterocycles. The average Bonchev–Trinajstić information content (AvgIpc) is 2.97. The van der Waals surface area contributed by atoms with Crippen LogP contribution in [0.25, 0.3) is 5.69 Å². The van der Waals surface area contributed by atoms with Crippen molar-refractivity contribution in [2.45, 2.75) is 12.3 Å². The Kier molecular flexibility index (Phi) is 3.50. The van der Waals surface area contributed by atoms with Crippen molar-refractivity contribution >= 4 is 23.3 Å². The first-order valence-corrected chi connectivity index (χ1v) is 7.91. The fourth-order valence-electron chi connectivity index (χ4n) is 3.05. The van der Waals surface area contributed by atoms with Gasteiger partial charge in [-0.1, -0.05) is 29.8 Å². The number of phenols is 1. The smallest absolute Gasteiger partial charge is 0.226 e. The van der Waals surface area contributed by atoms with E-state index < -0.39 is 0 Å². The van der Waals surface area contributed by atoms with Gasteiger partial charge in [0.15, 0.2) is 0 Å². The Morgan fingerprint density at radius 3 is 2.83 bits per heavy atom. The quantitative estimate of drug-likeness (QED) is 0.748. The Hall–Kier alpha value is -2.79. The molecular weight excluding hydrogens is 326 g/mol. The van der Waals surface area contributed by atoms with Crippen molar-refractivity contribution in [1.29, 1.82) is 0 Å². The van der Waals surface area contributed by atoms with Gasteiger partial charge >= 0.3 is 0 Å². The number of imidazole rings is 1. The van der Waals surface area contributed by atoms with E-state index in [0.29, 0.717) is 17.3 Å². The number of carbonyl (C=O) groups is 1. The molecule has 120 valence electrons. The minimum atomic E-state index is -0.193. The van der Waals surface area contributed by atoms with Crippen molar-refractivity contribution in [3.05, 3.63) is 71.1 Å². The molecule has 3 aromatic rings. The number of nitrogens with one attached hydrogen (secondary N) is 1. The molecule has 1 unspecified atom stereocenters. The number of benzene rings is 2. The zero-order chi connectivity index (χ0) is 16.7. The lowest BCUT2D eigenvalue weighted by Gasteiger charge is -2.23. The number of anilines is 1. The van der Waals surface area contributed by atoms with E-state index in [1.54, 1.807) is 30.6 Å². The third kappa shape index (κ3) is 2.53. The van der Waals surface area contributed by atoms with Gasteiger partial charge in [0, 0.05) is 23.0 Å². The first-order chi connectivity index (χ1) is 11.6. The summed E-state index contributed by atoms with van der Waals surface area (Å²) in [4.78, 5) is 16.7. The predicted octanol–water partition coefficient (Wildman–Crippen LogP) is 3.71. The van der Waals surface area contributed by atoms with Crippen LogP contribution in [0, 0.1) is 0 Å². The van der Waals surface area contributed by atoms with Gasteiger partial charge in [0.2, 0.25) is 5.91 Å². The highest BCUT2D eigenvalue weighted by molar-refractivity contribution is 6.30. The van der Waals surface area contributed by atoms with E-state index in [2.05, 4.69) is 10.3 Å². The minimum absolute atomic E-state index is 0.0837. The van der Waals surface area contributed by atoms with Crippen molar-refractivity contribution in [2.75, 3.05) is 5.32 Å². The lowest BCUT2D eigenvalue weighted by atomic mass is 9.90. The monoisotopic (exact) mass is 339 g/mol. The van der Waals surface area contributed by atoms with Crippen LogP contribution in [0.15, 0.2) is 54.9 Å². The highest BCUT2D eigenvalue weighted by Crippen LogP contribution is 2.38. The summed E-state index contributed by atoms with van der Waals surface area (Å²) >= 11 is 6.07. The normalized spacial score (nSPS) is 16.5. The average molecular weight is 340 g/mol. The number of fused-ring (bicyclic) bond motifs is 1. The molecule has 0 spiro atoms. The van der Waals surface area contributed by atoms with Gasteiger partial charge in [-0.25, -0.2) is 4.98 Å². The summed E-state index contributed by atoms with van der Waals surface area (Å²) in [6, 6.07) is 14.3. The topological polar surface area (TPSA) is 67.1 Å². The van der Waals surface area contributed by atoms with E-state index in [4.69, 9.17) is 11.6 Å². The number of nitrogens with zero attached hydrogens (tertiary/aromatic N) is 2. The van der Waals surface area contributed by atoms with E-state index in [1.807, 2.05) is 28.8 Å². The van der Waals surface area contributed by atoms with Crippen molar-refractivity contribution in [3.63, 3.8) is 0 Å². The van der Waals surface area contributed by atoms with E-state index in [-0.39, 0.29) is 17.6 Å². The van der Waals surface area contributed by atoms with Crippen LogP contribution in [0.5, 0.6) is 5.75 Å². The van der Waals surface area contributed by atoms with Crippen LogP contribution >= 0.6 is 11.6 Å². The van der Waals surface area contributed by atoms with Gasteiger partial charge in [-0.3, -0.25) is 9.36 Å². The zero-order valence-corrected chi connectivity index (χ0v) is 13.4. The van der Waals surface area contributed by atoms with Gasteiger partial charge in [-0.15, -0.1) is 0 Å². The number of aromatic hydroxyl groups is 1. The summed E-state index contributed by atoms with van der Waals surface area (Å²) in [6.45, 7) is 0. The standard InChI is InChI=1S/C18H14ClN3O2/c19-12-4-2-5-13(8-12)22-10-20-17-15(9-16(24)21-18(17)22)11-3-1-6-14(23)7-11/h1-8,10,15,23H,9H2,(H,21,24). The molecule has 0 fully saturated rings. The number of hydrogen-bond acceptors (Lipinski definition) is 3. The van der Waals surface area contributed by atoms with E-state index >= 15 is 0 Å². The fraction of sp³-hybridized carbons (Fsp3) is 0.111. The molecule has 0 bridgehead atoms. The van der Waals surface area contributed by atoms with Gasteiger partial charge in [-0.05, 0) is 35.9 Å². The Morgan fingerprint density at radius 2 is 2.04 bits per heavy atom. The highest BCUT2D eigenvalue weighted by Gasteiger charge is 2.31. The van der Waals surface area contributed by atoms with Crippen molar-refractivity contribution in [3.8, 4) is 11.4 Å². The molecule has 2 heterocycles. The second-order valence-electron chi connectivity index (χ2n) is 5.73. The summed E-state index contributed by atoms with van der Waals surface area (Å²) in [5, 5.41) is 13.2. The molecule has 2 N–H and O–H groups in total. The van der Waals surface area contributed by atoms with Crippen molar-refractivity contribution < 1.29 is 9.90 Å². The molecule has 1 atom stereocenters. The molecule has 2 aromatic carbocycles. The SMILES string of the molecule is O=C1CC(c2cccc(O)c2)c2ncn(-c3cccc(Cl)c3)c2N1. The fourth-order valence-corrected chi connectivity index (χ4v) is 3.23. The first kappa shape index (κ1) is 14.8. The maximum atomic E-state index is 12.2. The summed E-state index contributed by atoms with van der Waals surface area (Å²) < 4.78 is 1.81. The lowest BCUT2D eigenvalue weighted by molar-refractivity contribution is -0.116. The molecular formula is C18H14ClN3O2. The van der Waals surface area contributed by atoms with Gasteiger partial charge in [0.25, 0.3) is 0 Å². The molecule has 0 radical (unpaired) electrons. The molecule has 1 aliphatic heterocycles. The van der Waals surface area contributed by atoms with E-state index in [1.165, 1.54) is 0 Å². The second kappa shape index (κ2) is 5.69. The summed E-state index contributed by atoms with van der Waals surface area (Å²) in [5.74, 6) is 0.539. The number of carbonyl (C=O) groups excluding carboxylic acids is 1. The molecule has 0 saturated carbocycles. The van der Waals surface area contributed by atoms with Gasteiger partial charge in [0.1, 0.15) is 17.9 Å². The maximum absolute atomic E-state index is 12.2. The Balaban J connectivity index is 1.83. The zero-order valence-electron chi connectivity index (χ0n) is 12.6. The van der Waals surface area contributed by atoms with Crippen molar-refractivity contribution in [2.24, 2.45) is 0 Å². The molecule has 1 aliphatic rings. The largest absolute Gasteiger partial charge is 0.508 e. The molecule has 0 aliphatic carbocycles. The third-order valence-corrected chi connectivity index (χ3v) is 4.37. The summed E-state index contributed by atoms with van der Waals surface area (Å²) in [6.07, 6.45) is 1.97.